The number of amides is 2. The van der Waals surface area contributed by atoms with E-state index >= 15 is 0 Å². The molecule has 0 unspecified atom stereocenters. The van der Waals surface area contributed by atoms with E-state index in [-0.39, 0.29) is 11.5 Å². The van der Waals surface area contributed by atoms with Gasteiger partial charge in [0, 0.05) is 30.1 Å². The lowest BCUT2D eigenvalue weighted by molar-refractivity contribution is 0.122. The second-order valence-corrected chi connectivity index (χ2v) is 8.05. The first kappa shape index (κ1) is 21.9. The van der Waals surface area contributed by atoms with Crippen LogP contribution in [0.3, 0.4) is 0 Å². The summed E-state index contributed by atoms with van der Waals surface area (Å²) in [6, 6.07) is 0.961. The van der Waals surface area contributed by atoms with E-state index in [4.69, 9.17) is 9.15 Å². The number of anilines is 2. The zero-order valence-corrected chi connectivity index (χ0v) is 18.1. The summed E-state index contributed by atoms with van der Waals surface area (Å²) in [6.45, 7) is 8.19. The van der Waals surface area contributed by atoms with E-state index in [9.17, 15) is 13.6 Å². The number of carbonyl (C=O) groups is 1. The third-order valence-corrected chi connectivity index (χ3v) is 5.42. The van der Waals surface area contributed by atoms with Crippen LogP contribution in [0, 0.1) is 24.5 Å². The van der Waals surface area contributed by atoms with Crippen molar-refractivity contribution < 1.29 is 22.7 Å². The maximum absolute atomic E-state index is 14.2. The predicted octanol–water partition coefficient (Wildman–Crippen LogP) is 4.16. The van der Waals surface area contributed by atoms with Crippen molar-refractivity contribution in [2.45, 2.75) is 26.8 Å². The zero-order chi connectivity index (χ0) is 22.8. The highest BCUT2D eigenvalue weighted by molar-refractivity contribution is 5.89. The van der Waals surface area contributed by atoms with E-state index in [1.165, 1.54) is 18.5 Å². The van der Waals surface area contributed by atoms with Gasteiger partial charge in [-0.3, -0.25) is 0 Å². The summed E-state index contributed by atoms with van der Waals surface area (Å²) in [6.07, 6.45) is 3.07. The van der Waals surface area contributed by atoms with Crippen molar-refractivity contribution in [3.63, 3.8) is 0 Å². The number of nitrogens with zero attached hydrogens (tertiary/aromatic N) is 3. The average Bonchev–Trinajstić information content (AvgIpc) is 3.09. The minimum absolute atomic E-state index is 0.0288. The van der Waals surface area contributed by atoms with Crippen molar-refractivity contribution >= 4 is 28.6 Å². The van der Waals surface area contributed by atoms with Crippen molar-refractivity contribution in [3.05, 3.63) is 47.5 Å². The molecule has 0 spiro atoms. The number of hydrogen-bond donors (Lipinski definition) is 2. The first-order chi connectivity index (χ1) is 15.3. The molecule has 1 atom stereocenters. The normalized spacial score (nSPS) is 15.2. The minimum atomic E-state index is -0.779. The lowest BCUT2D eigenvalue weighted by Crippen LogP contribution is -2.37. The Hall–Kier alpha value is -3.27. The van der Waals surface area contributed by atoms with Crippen molar-refractivity contribution in [2.24, 2.45) is 5.92 Å². The van der Waals surface area contributed by atoms with Gasteiger partial charge in [0.1, 0.15) is 11.6 Å². The van der Waals surface area contributed by atoms with Crippen LogP contribution in [0.1, 0.15) is 31.2 Å². The second kappa shape index (κ2) is 9.07. The highest BCUT2D eigenvalue weighted by Crippen LogP contribution is 2.34. The van der Waals surface area contributed by atoms with Crippen molar-refractivity contribution in [1.29, 1.82) is 0 Å². The van der Waals surface area contributed by atoms with Crippen LogP contribution in [0.25, 0.3) is 11.0 Å². The Labute approximate surface area is 184 Å². The number of nitrogens with one attached hydrogen (secondary N) is 2. The highest BCUT2D eigenvalue weighted by atomic mass is 19.1. The molecule has 8 nitrogen and oxygen atoms in total. The Morgan fingerprint density at radius 2 is 1.84 bits per heavy atom. The average molecular weight is 445 g/mol. The van der Waals surface area contributed by atoms with Crippen LogP contribution in [-0.4, -0.2) is 42.3 Å². The number of rotatable bonds is 5. The van der Waals surface area contributed by atoms with Gasteiger partial charge in [-0.1, -0.05) is 13.8 Å². The highest BCUT2D eigenvalue weighted by Gasteiger charge is 2.27. The number of furan rings is 1. The molecule has 2 amide bonds. The number of urea groups is 1. The number of morpholine rings is 1. The van der Waals surface area contributed by atoms with Gasteiger partial charge >= 0.3 is 6.03 Å². The minimum Gasteiger partial charge on any atom is -0.455 e. The van der Waals surface area contributed by atoms with E-state index < -0.39 is 23.7 Å². The first-order valence-electron chi connectivity index (χ1n) is 10.4. The van der Waals surface area contributed by atoms with E-state index in [0.29, 0.717) is 54.6 Å². The van der Waals surface area contributed by atoms with Crippen molar-refractivity contribution in [3.8, 4) is 0 Å². The number of ether oxygens (including phenoxy) is 1. The van der Waals surface area contributed by atoms with Crippen LogP contribution >= 0.6 is 0 Å². The molecular formula is C22H25F2N5O3. The largest absolute Gasteiger partial charge is 0.455 e. The van der Waals surface area contributed by atoms with E-state index in [0.717, 1.165) is 6.07 Å². The lowest BCUT2D eigenvalue weighted by Gasteiger charge is -2.26. The molecule has 4 rings (SSSR count). The van der Waals surface area contributed by atoms with Gasteiger partial charge in [0.05, 0.1) is 37.3 Å². The van der Waals surface area contributed by atoms with Crippen LogP contribution in [0.2, 0.25) is 0 Å². The molecule has 1 aliphatic heterocycles. The molecule has 0 radical (unpaired) electrons. The fourth-order valence-corrected chi connectivity index (χ4v) is 3.71. The van der Waals surface area contributed by atoms with Crippen LogP contribution in [0.4, 0.5) is 25.2 Å². The summed E-state index contributed by atoms with van der Waals surface area (Å²) in [4.78, 5) is 23.3. The number of halogens is 2. The molecule has 0 aliphatic carbocycles. The SMILES string of the molecule is Cc1c([C@@H](NC(=O)Nc2cnc(N3CCOCC3)nc2)C(C)C)oc2c(F)cc(F)cc12. The number of fused-ring (bicyclic) bond motifs is 1. The monoisotopic (exact) mass is 445 g/mol. The Kier molecular flexibility index (Phi) is 6.22. The molecule has 1 saturated heterocycles. The van der Waals surface area contributed by atoms with Gasteiger partial charge in [0.15, 0.2) is 11.4 Å². The molecule has 10 heteroatoms. The summed E-state index contributed by atoms with van der Waals surface area (Å²) in [5, 5.41) is 5.90. The van der Waals surface area contributed by atoms with Gasteiger partial charge in [-0.15, -0.1) is 0 Å². The first-order valence-corrected chi connectivity index (χ1v) is 10.4. The van der Waals surface area contributed by atoms with Crippen LogP contribution in [-0.2, 0) is 4.74 Å². The molecule has 3 aromatic rings. The fourth-order valence-electron chi connectivity index (χ4n) is 3.71. The third kappa shape index (κ3) is 4.50. The van der Waals surface area contributed by atoms with E-state index in [1.807, 2.05) is 18.7 Å². The van der Waals surface area contributed by atoms with Gasteiger partial charge in [-0.05, 0) is 18.9 Å². The van der Waals surface area contributed by atoms with Crippen molar-refractivity contribution in [2.75, 3.05) is 36.5 Å². The molecule has 2 aromatic heterocycles. The van der Waals surface area contributed by atoms with Gasteiger partial charge in [-0.25, -0.2) is 23.5 Å². The van der Waals surface area contributed by atoms with Crippen LogP contribution in [0.15, 0.2) is 28.9 Å². The molecule has 170 valence electrons. The zero-order valence-electron chi connectivity index (χ0n) is 18.1. The smallest absolute Gasteiger partial charge is 0.319 e. The van der Waals surface area contributed by atoms with Gasteiger partial charge in [-0.2, -0.15) is 0 Å². The van der Waals surface area contributed by atoms with Crippen LogP contribution < -0.4 is 15.5 Å². The Morgan fingerprint density at radius 3 is 2.50 bits per heavy atom. The van der Waals surface area contributed by atoms with E-state index in [2.05, 4.69) is 20.6 Å². The Bertz CT molecular complexity index is 1110. The number of aromatic nitrogens is 2. The Morgan fingerprint density at radius 1 is 1.16 bits per heavy atom. The lowest BCUT2D eigenvalue weighted by atomic mass is 9.98. The molecule has 0 bridgehead atoms. The van der Waals surface area contributed by atoms with Gasteiger partial charge < -0.3 is 24.7 Å². The third-order valence-electron chi connectivity index (χ3n) is 5.42. The number of hydrogen-bond acceptors (Lipinski definition) is 6. The second-order valence-electron chi connectivity index (χ2n) is 8.05. The molecule has 3 heterocycles. The molecule has 1 fully saturated rings. The molecular weight excluding hydrogens is 420 g/mol. The summed E-state index contributed by atoms with van der Waals surface area (Å²) in [5.74, 6) is -0.579. The maximum Gasteiger partial charge on any atom is 0.319 e. The molecule has 32 heavy (non-hydrogen) atoms. The number of carbonyl (C=O) groups excluding carboxylic acids is 1. The van der Waals surface area contributed by atoms with Crippen LogP contribution in [0.5, 0.6) is 0 Å². The maximum atomic E-state index is 14.2. The molecule has 2 N–H and O–H groups in total. The summed E-state index contributed by atoms with van der Waals surface area (Å²) >= 11 is 0. The Balaban J connectivity index is 1.49. The fraction of sp³-hybridized carbons (Fsp3) is 0.409. The number of benzene rings is 1. The topological polar surface area (TPSA) is 92.5 Å². The molecule has 0 saturated carbocycles. The van der Waals surface area contributed by atoms with Gasteiger partial charge in [0.2, 0.25) is 5.95 Å². The number of aryl methyl sites for hydroxylation is 1. The predicted molar refractivity (Wildman–Crippen MR) is 116 cm³/mol. The standard InChI is InChI=1S/C22H25F2N5O3/c1-12(2)18(19-13(3)16-8-14(23)9-17(24)20(16)32-19)28-22(30)27-15-10-25-21(26-11-15)29-4-6-31-7-5-29/h8-12,18H,4-7H2,1-3H3,(H2,27,28,30)/t18-/m0/s1. The summed E-state index contributed by atoms with van der Waals surface area (Å²) in [7, 11) is 0. The molecule has 1 aliphatic rings. The van der Waals surface area contributed by atoms with Crippen molar-refractivity contribution in [1.82, 2.24) is 15.3 Å². The van der Waals surface area contributed by atoms with E-state index in [1.54, 1.807) is 6.92 Å². The molecule has 1 aromatic carbocycles. The van der Waals surface area contributed by atoms with Gasteiger partial charge in [0.25, 0.3) is 0 Å². The summed E-state index contributed by atoms with van der Waals surface area (Å²) < 4.78 is 38.9. The summed E-state index contributed by atoms with van der Waals surface area (Å²) in [5.41, 5.74) is 0.978. The quantitative estimate of drug-likeness (QED) is 0.613.